The predicted octanol–water partition coefficient (Wildman–Crippen LogP) is 6.45. The van der Waals surface area contributed by atoms with Crippen LogP contribution in [0.25, 0.3) is 10.6 Å². The average molecular weight is 471 g/mol. The van der Waals surface area contributed by atoms with E-state index in [9.17, 15) is 9.59 Å². The minimum absolute atomic E-state index is 0.112. The van der Waals surface area contributed by atoms with Crippen LogP contribution in [0.4, 0.5) is 5.13 Å². The number of anilines is 1. The van der Waals surface area contributed by atoms with Crippen molar-refractivity contribution in [1.82, 2.24) is 15.1 Å². The van der Waals surface area contributed by atoms with E-state index in [1.54, 1.807) is 0 Å². The second-order valence-corrected chi connectivity index (χ2v) is 9.95. The Hall–Kier alpha value is -2.28. The summed E-state index contributed by atoms with van der Waals surface area (Å²) in [6, 6.07) is 10.1. The molecule has 0 spiro atoms. The summed E-state index contributed by atoms with van der Waals surface area (Å²) in [6.45, 7) is 2.70. The Kier molecular flexibility index (Phi) is 10.8. The van der Waals surface area contributed by atoms with Gasteiger partial charge in [-0.2, -0.15) is 0 Å². The lowest BCUT2D eigenvalue weighted by atomic mass is 9.93. The summed E-state index contributed by atoms with van der Waals surface area (Å²) in [5.41, 5.74) is 0.985. The number of nitrogens with one attached hydrogen (secondary N) is 1. The molecule has 3 rings (SSSR count). The van der Waals surface area contributed by atoms with E-state index in [-0.39, 0.29) is 17.9 Å². The summed E-state index contributed by atoms with van der Waals surface area (Å²) in [5.74, 6) is 0.103. The highest BCUT2D eigenvalue weighted by Gasteiger charge is 2.25. The van der Waals surface area contributed by atoms with E-state index in [0.29, 0.717) is 24.5 Å². The molecule has 1 aliphatic rings. The Bertz CT molecular complexity index is 849. The number of unbranched alkanes of at least 4 members (excludes halogenated alkanes) is 5. The van der Waals surface area contributed by atoms with Gasteiger partial charge >= 0.3 is 0 Å². The van der Waals surface area contributed by atoms with Gasteiger partial charge in [0.2, 0.25) is 16.9 Å². The molecule has 6 nitrogen and oxygen atoms in total. The Morgan fingerprint density at radius 3 is 2.45 bits per heavy atom. The molecular formula is C26H38N4O2S. The molecule has 2 aromatic rings. The van der Waals surface area contributed by atoms with Crippen LogP contribution in [0.3, 0.4) is 0 Å². The smallest absolute Gasteiger partial charge is 0.227 e. The molecule has 0 unspecified atom stereocenters. The number of amides is 2. The van der Waals surface area contributed by atoms with Crippen molar-refractivity contribution in [2.24, 2.45) is 0 Å². The summed E-state index contributed by atoms with van der Waals surface area (Å²) in [6.07, 6.45) is 13.6. The Balaban J connectivity index is 1.49. The summed E-state index contributed by atoms with van der Waals surface area (Å²) < 4.78 is 0. The molecule has 1 aromatic carbocycles. The normalized spacial score (nSPS) is 14.2. The van der Waals surface area contributed by atoms with Crippen LogP contribution in [0.5, 0.6) is 0 Å². The van der Waals surface area contributed by atoms with Gasteiger partial charge in [0.1, 0.15) is 5.01 Å². The van der Waals surface area contributed by atoms with E-state index in [1.165, 1.54) is 56.3 Å². The van der Waals surface area contributed by atoms with Gasteiger partial charge in [-0.25, -0.2) is 0 Å². The number of aromatic nitrogens is 2. The Morgan fingerprint density at radius 2 is 1.70 bits per heavy atom. The van der Waals surface area contributed by atoms with E-state index in [1.807, 2.05) is 35.2 Å². The number of hydrogen-bond acceptors (Lipinski definition) is 5. The SMILES string of the molecule is CCCCCCCCC(=O)N(CCC(=O)Nc1nnc(-c2ccccc2)s1)C1CCCCC1. The van der Waals surface area contributed by atoms with Crippen LogP contribution < -0.4 is 5.32 Å². The third-order valence-electron chi connectivity index (χ3n) is 6.35. The van der Waals surface area contributed by atoms with E-state index in [2.05, 4.69) is 22.4 Å². The first kappa shape index (κ1) is 25.3. The molecule has 1 fully saturated rings. The maximum atomic E-state index is 13.0. The van der Waals surface area contributed by atoms with Gasteiger partial charge in [-0.05, 0) is 19.3 Å². The van der Waals surface area contributed by atoms with Crippen LogP contribution in [-0.4, -0.2) is 39.5 Å². The number of carbonyl (C=O) groups excluding carboxylic acids is 2. The zero-order valence-electron chi connectivity index (χ0n) is 19.9. The molecule has 1 N–H and O–H groups in total. The monoisotopic (exact) mass is 470 g/mol. The molecule has 1 saturated carbocycles. The van der Waals surface area contributed by atoms with Crippen molar-refractivity contribution in [1.29, 1.82) is 0 Å². The third kappa shape index (κ3) is 8.54. The number of nitrogens with zero attached hydrogens (tertiary/aromatic N) is 3. The lowest BCUT2D eigenvalue weighted by Gasteiger charge is -2.34. The summed E-state index contributed by atoms with van der Waals surface area (Å²) in [7, 11) is 0. The third-order valence-corrected chi connectivity index (χ3v) is 7.24. The van der Waals surface area contributed by atoms with Crippen LogP contribution >= 0.6 is 11.3 Å². The molecule has 1 aromatic heterocycles. The lowest BCUT2D eigenvalue weighted by Crippen LogP contribution is -2.43. The predicted molar refractivity (Wildman–Crippen MR) is 135 cm³/mol. The van der Waals surface area contributed by atoms with Crippen LogP contribution in [-0.2, 0) is 9.59 Å². The summed E-state index contributed by atoms with van der Waals surface area (Å²) >= 11 is 1.37. The number of carbonyl (C=O) groups is 2. The lowest BCUT2D eigenvalue weighted by molar-refractivity contribution is -0.134. The fourth-order valence-corrected chi connectivity index (χ4v) is 5.24. The summed E-state index contributed by atoms with van der Waals surface area (Å²) in [4.78, 5) is 27.7. The van der Waals surface area contributed by atoms with Crippen molar-refractivity contribution in [3.63, 3.8) is 0 Å². The molecule has 33 heavy (non-hydrogen) atoms. The van der Waals surface area contributed by atoms with Crippen molar-refractivity contribution >= 4 is 28.3 Å². The molecule has 2 amide bonds. The molecule has 1 aliphatic carbocycles. The largest absolute Gasteiger partial charge is 0.339 e. The Morgan fingerprint density at radius 1 is 0.970 bits per heavy atom. The Labute approximate surface area is 202 Å². The first-order valence-electron chi connectivity index (χ1n) is 12.7. The van der Waals surface area contributed by atoms with Crippen LogP contribution in [0.15, 0.2) is 30.3 Å². The molecule has 0 aliphatic heterocycles. The first-order valence-corrected chi connectivity index (χ1v) is 13.5. The second-order valence-electron chi connectivity index (χ2n) is 8.97. The topological polar surface area (TPSA) is 75.2 Å². The maximum Gasteiger partial charge on any atom is 0.227 e. The van der Waals surface area contributed by atoms with E-state index >= 15 is 0 Å². The number of hydrogen-bond donors (Lipinski definition) is 1. The molecule has 7 heteroatoms. The molecule has 0 saturated heterocycles. The van der Waals surface area contributed by atoms with Gasteiger partial charge in [0.05, 0.1) is 0 Å². The quantitative estimate of drug-likeness (QED) is 0.342. The van der Waals surface area contributed by atoms with Crippen LogP contribution in [0, 0.1) is 0 Å². The highest BCUT2D eigenvalue weighted by molar-refractivity contribution is 7.18. The molecule has 180 valence electrons. The molecule has 1 heterocycles. The van der Waals surface area contributed by atoms with E-state index in [0.717, 1.165) is 36.3 Å². The standard InChI is InChI=1S/C26H38N4O2S/c1-2-3-4-5-6-13-18-24(32)30(22-16-11-8-12-17-22)20-19-23(31)27-26-29-28-25(33-26)21-14-9-7-10-15-21/h7,9-10,14-15,22H,2-6,8,11-13,16-20H2,1H3,(H,27,29,31). The molecular weight excluding hydrogens is 432 g/mol. The van der Waals surface area contributed by atoms with E-state index in [4.69, 9.17) is 0 Å². The highest BCUT2D eigenvalue weighted by atomic mass is 32.1. The zero-order valence-corrected chi connectivity index (χ0v) is 20.7. The fourth-order valence-electron chi connectivity index (χ4n) is 4.48. The van der Waals surface area contributed by atoms with Gasteiger partial charge in [-0.1, -0.05) is 100.0 Å². The van der Waals surface area contributed by atoms with Gasteiger partial charge < -0.3 is 10.2 Å². The molecule has 0 atom stereocenters. The van der Waals surface area contributed by atoms with Crippen molar-refractivity contribution in [3.05, 3.63) is 30.3 Å². The summed E-state index contributed by atoms with van der Waals surface area (Å²) in [5, 5.41) is 12.4. The minimum atomic E-state index is -0.112. The first-order chi connectivity index (χ1) is 16.2. The fraction of sp³-hybridized carbons (Fsp3) is 0.615. The van der Waals surface area contributed by atoms with Crippen molar-refractivity contribution in [3.8, 4) is 10.6 Å². The van der Waals surface area contributed by atoms with Gasteiger partial charge in [0, 0.05) is 31.0 Å². The van der Waals surface area contributed by atoms with Gasteiger partial charge in [0.25, 0.3) is 0 Å². The number of benzene rings is 1. The highest BCUT2D eigenvalue weighted by Crippen LogP contribution is 2.27. The van der Waals surface area contributed by atoms with Crippen LogP contribution in [0.1, 0.15) is 90.4 Å². The minimum Gasteiger partial charge on any atom is -0.339 e. The van der Waals surface area contributed by atoms with Crippen molar-refractivity contribution in [2.45, 2.75) is 96.4 Å². The van der Waals surface area contributed by atoms with Crippen molar-refractivity contribution < 1.29 is 9.59 Å². The number of rotatable bonds is 13. The molecule has 0 radical (unpaired) electrons. The zero-order chi connectivity index (χ0) is 23.3. The van der Waals surface area contributed by atoms with Gasteiger partial charge in [-0.3, -0.25) is 9.59 Å². The molecule has 0 bridgehead atoms. The van der Waals surface area contributed by atoms with Gasteiger partial charge in [-0.15, -0.1) is 10.2 Å². The van der Waals surface area contributed by atoms with Gasteiger partial charge in [0.15, 0.2) is 0 Å². The van der Waals surface area contributed by atoms with Crippen molar-refractivity contribution in [2.75, 3.05) is 11.9 Å². The second kappa shape index (κ2) is 14.1. The van der Waals surface area contributed by atoms with Crippen LogP contribution in [0.2, 0.25) is 0 Å². The van der Waals surface area contributed by atoms with E-state index < -0.39 is 0 Å². The maximum absolute atomic E-state index is 13.0. The average Bonchev–Trinajstić information content (AvgIpc) is 3.31.